The van der Waals surface area contributed by atoms with Crippen LogP contribution in [0.25, 0.3) is 0 Å². The van der Waals surface area contributed by atoms with Gasteiger partial charge in [-0.3, -0.25) is 4.79 Å². The topological polar surface area (TPSA) is 35.5 Å². The number of carbonyl (C=O) groups is 1. The molecule has 108 valence electrons. The molecule has 0 saturated heterocycles. The molecular weight excluding hydrogens is 311 g/mol. The van der Waals surface area contributed by atoms with Crippen LogP contribution in [-0.4, -0.2) is 19.0 Å². The molecule has 3 rings (SSSR count). The van der Waals surface area contributed by atoms with E-state index >= 15 is 0 Å². The molecule has 2 aromatic carbocycles. The second-order valence-corrected chi connectivity index (χ2v) is 5.61. The predicted molar refractivity (Wildman–Crippen MR) is 82.1 cm³/mol. The molecule has 1 heterocycles. The van der Waals surface area contributed by atoms with Crippen molar-refractivity contribution < 1.29 is 14.3 Å². The van der Waals surface area contributed by atoms with Crippen molar-refractivity contribution in [1.82, 2.24) is 0 Å². The largest absolute Gasteiger partial charge is 0.486 e. The van der Waals surface area contributed by atoms with Crippen molar-refractivity contribution in [2.45, 2.75) is 6.92 Å². The lowest BCUT2D eigenvalue weighted by Crippen LogP contribution is -2.16. The fourth-order valence-electron chi connectivity index (χ4n) is 2.22. The Morgan fingerprint density at radius 3 is 2.38 bits per heavy atom. The van der Waals surface area contributed by atoms with Gasteiger partial charge in [-0.2, -0.15) is 0 Å². The molecular formula is C16H12Cl2O3. The first kappa shape index (κ1) is 14.2. The van der Waals surface area contributed by atoms with Gasteiger partial charge >= 0.3 is 0 Å². The van der Waals surface area contributed by atoms with Gasteiger partial charge in [0.05, 0.1) is 5.02 Å². The average Bonchev–Trinajstić information content (AvgIpc) is 2.48. The summed E-state index contributed by atoms with van der Waals surface area (Å²) in [6.07, 6.45) is 0. The molecule has 0 amide bonds. The summed E-state index contributed by atoms with van der Waals surface area (Å²) in [5, 5.41) is 0.848. The Balaban J connectivity index is 2.07. The number of hydrogen-bond acceptors (Lipinski definition) is 3. The van der Waals surface area contributed by atoms with Crippen LogP contribution in [0, 0.1) is 6.92 Å². The molecule has 0 saturated carbocycles. The highest BCUT2D eigenvalue weighted by Gasteiger charge is 2.21. The fraction of sp³-hybridized carbons (Fsp3) is 0.188. The van der Waals surface area contributed by atoms with Crippen molar-refractivity contribution >= 4 is 29.0 Å². The number of rotatable bonds is 2. The Hall–Kier alpha value is -1.71. The Bertz CT molecular complexity index is 726. The van der Waals surface area contributed by atoms with Crippen molar-refractivity contribution in [3.05, 3.63) is 57.1 Å². The fourth-order valence-corrected chi connectivity index (χ4v) is 2.63. The van der Waals surface area contributed by atoms with E-state index < -0.39 is 0 Å². The molecule has 0 unspecified atom stereocenters. The van der Waals surface area contributed by atoms with E-state index in [4.69, 9.17) is 32.7 Å². The summed E-state index contributed by atoms with van der Waals surface area (Å²) in [6.45, 7) is 2.79. The first-order valence-electron chi connectivity index (χ1n) is 6.46. The van der Waals surface area contributed by atoms with Gasteiger partial charge in [-0.25, -0.2) is 0 Å². The highest BCUT2D eigenvalue weighted by molar-refractivity contribution is 6.35. The molecule has 0 N–H and O–H groups in total. The number of ketones is 1. The van der Waals surface area contributed by atoms with Crippen LogP contribution in [0.3, 0.4) is 0 Å². The van der Waals surface area contributed by atoms with Crippen molar-refractivity contribution in [3.63, 3.8) is 0 Å². The Morgan fingerprint density at radius 1 is 1.00 bits per heavy atom. The SMILES string of the molecule is Cc1ccc(Cl)cc1C(=O)c1cc2c(cc1Cl)OCCO2. The molecule has 0 fully saturated rings. The molecule has 21 heavy (non-hydrogen) atoms. The monoisotopic (exact) mass is 322 g/mol. The van der Waals surface area contributed by atoms with Crippen LogP contribution >= 0.6 is 23.2 Å². The van der Waals surface area contributed by atoms with Crippen molar-refractivity contribution in [3.8, 4) is 11.5 Å². The van der Waals surface area contributed by atoms with E-state index in [9.17, 15) is 4.79 Å². The maximum atomic E-state index is 12.7. The van der Waals surface area contributed by atoms with Gasteiger partial charge in [0.1, 0.15) is 13.2 Å². The molecule has 5 heteroatoms. The molecule has 2 aromatic rings. The Labute approximate surface area is 132 Å². The zero-order chi connectivity index (χ0) is 15.0. The molecule has 0 spiro atoms. The van der Waals surface area contributed by atoms with E-state index in [1.54, 1.807) is 24.3 Å². The van der Waals surface area contributed by atoms with Crippen molar-refractivity contribution in [2.75, 3.05) is 13.2 Å². The first-order valence-corrected chi connectivity index (χ1v) is 7.22. The summed E-state index contributed by atoms with van der Waals surface area (Å²) in [5.41, 5.74) is 1.75. The third kappa shape index (κ3) is 2.71. The summed E-state index contributed by atoms with van der Waals surface area (Å²) in [4.78, 5) is 12.7. The smallest absolute Gasteiger partial charge is 0.194 e. The molecule has 0 radical (unpaired) electrons. The van der Waals surface area contributed by atoms with Crippen molar-refractivity contribution in [1.29, 1.82) is 0 Å². The van der Waals surface area contributed by atoms with Crippen LogP contribution in [-0.2, 0) is 0 Å². The number of fused-ring (bicyclic) bond motifs is 1. The zero-order valence-corrected chi connectivity index (χ0v) is 12.8. The summed E-state index contributed by atoms with van der Waals surface area (Å²) >= 11 is 12.2. The molecule has 1 aliphatic heterocycles. The average molecular weight is 323 g/mol. The summed E-state index contributed by atoms with van der Waals surface area (Å²) < 4.78 is 10.9. The van der Waals surface area contributed by atoms with Crippen LogP contribution in [0.5, 0.6) is 11.5 Å². The molecule has 1 aliphatic rings. The minimum Gasteiger partial charge on any atom is -0.486 e. The minimum absolute atomic E-state index is 0.183. The van der Waals surface area contributed by atoms with Gasteiger partial charge in [0, 0.05) is 22.2 Å². The van der Waals surface area contributed by atoms with Crippen LogP contribution in [0.4, 0.5) is 0 Å². The molecule has 0 bridgehead atoms. The van der Waals surface area contributed by atoms with E-state index in [-0.39, 0.29) is 5.78 Å². The summed E-state index contributed by atoms with van der Waals surface area (Å²) in [6, 6.07) is 8.44. The molecule has 0 aliphatic carbocycles. The van der Waals surface area contributed by atoms with E-state index in [0.717, 1.165) is 5.56 Å². The van der Waals surface area contributed by atoms with Crippen LogP contribution in [0.15, 0.2) is 30.3 Å². The molecule has 3 nitrogen and oxygen atoms in total. The maximum absolute atomic E-state index is 12.7. The van der Waals surface area contributed by atoms with E-state index in [0.29, 0.717) is 45.9 Å². The second-order valence-electron chi connectivity index (χ2n) is 4.76. The van der Waals surface area contributed by atoms with Gasteiger partial charge in [-0.1, -0.05) is 29.3 Å². The third-order valence-electron chi connectivity index (χ3n) is 3.32. The lowest BCUT2D eigenvalue weighted by Gasteiger charge is -2.19. The van der Waals surface area contributed by atoms with E-state index in [2.05, 4.69) is 0 Å². The number of halogens is 2. The second kappa shape index (κ2) is 5.58. The van der Waals surface area contributed by atoms with E-state index in [1.807, 2.05) is 13.0 Å². The van der Waals surface area contributed by atoms with Crippen LogP contribution in [0.2, 0.25) is 10.0 Å². The number of carbonyl (C=O) groups excluding carboxylic acids is 1. The number of hydrogen-bond donors (Lipinski definition) is 0. The molecule has 0 atom stereocenters. The number of benzene rings is 2. The van der Waals surface area contributed by atoms with Gasteiger partial charge in [0.2, 0.25) is 0 Å². The van der Waals surface area contributed by atoms with Crippen LogP contribution < -0.4 is 9.47 Å². The Kier molecular flexibility index (Phi) is 3.79. The third-order valence-corrected chi connectivity index (χ3v) is 3.87. The Morgan fingerprint density at radius 2 is 1.67 bits per heavy atom. The van der Waals surface area contributed by atoms with Gasteiger partial charge in [-0.15, -0.1) is 0 Å². The lowest BCUT2D eigenvalue weighted by atomic mass is 9.98. The minimum atomic E-state index is -0.183. The normalized spacial score (nSPS) is 13.1. The standard InChI is InChI=1S/C16H12Cl2O3/c1-9-2-3-10(17)6-11(9)16(19)12-7-14-15(8-13(12)18)21-5-4-20-14/h2-3,6-8H,4-5H2,1H3. The van der Waals surface area contributed by atoms with E-state index in [1.165, 1.54) is 0 Å². The highest BCUT2D eigenvalue weighted by atomic mass is 35.5. The first-order chi connectivity index (χ1) is 10.1. The maximum Gasteiger partial charge on any atom is 0.194 e. The highest BCUT2D eigenvalue weighted by Crippen LogP contribution is 2.36. The number of aryl methyl sites for hydroxylation is 1. The predicted octanol–water partition coefficient (Wildman–Crippen LogP) is 4.30. The zero-order valence-electron chi connectivity index (χ0n) is 11.3. The van der Waals surface area contributed by atoms with Gasteiger partial charge < -0.3 is 9.47 Å². The quantitative estimate of drug-likeness (QED) is 0.773. The van der Waals surface area contributed by atoms with Gasteiger partial charge in [0.15, 0.2) is 17.3 Å². The lowest BCUT2D eigenvalue weighted by molar-refractivity contribution is 0.103. The summed E-state index contributed by atoms with van der Waals surface area (Å²) in [7, 11) is 0. The summed E-state index contributed by atoms with van der Waals surface area (Å²) in [5.74, 6) is 0.913. The van der Waals surface area contributed by atoms with Gasteiger partial charge in [0.25, 0.3) is 0 Å². The molecule has 0 aromatic heterocycles. The van der Waals surface area contributed by atoms with Crippen molar-refractivity contribution in [2.24, 2.45) is 0 Å². The van der Waals surface area contributed by atoms with Gasteiger partial charge in [-0.05, 0) is 30.7 Å². The van der Waals surface area contributed by atoms with Crippen LogP contribution in [0.1, 0.15) is 21.5 Å². The number of ether oxygens (including phenoxy) is 2.